The van der Waals surface area contributed by atoms with Crippen molar-refractivity contribution in [2.45, 2.75) is 29.7 Å². The number of fused-ring (bicyclic) bond motifs is 2. The van der Waals surface area contributed by atoms with Gasteiger partial charge in [-0.3, -0.25) is 24.2 Å². The van der Waals surface area contributed by atoms with Crippen LogP contribution in [-0.2, 0) is 20.9 Å². The Hall–Kier alpha value is -2.60. The van der Waals surface area contributed by atoms with Gasteiger partial charge < -0.3 is 0 Å². The van der Waals surface area contributed by atoms with Crippen molar-refractivity contribution in [1.82, 2.24) is 4.90 Å². The number of nitrogens with zero attached hydrogens (tertiary/aromatic N) is 2. The molecule has 2 aromatic carbocycles. The average Bonchev–Trinajstić information content (AvgIpc) is 2.85. The van der Waals surface area contributed by atoms with Gasteiger partial charge in [-0.05, 0) is 17.7 Å². The summed E-state index contributed by atoms with van der Waals surface area (Å²) in [7, 11) is 0. The van der Waals surface area contributed by atoms with Crippen molar-refractivity contribution in [3.63, 3.8) is 0 Å². The summed E-state index contributed by atoms with van der Waals surface area (Å²) in [6.45, 7) is 1.66. The molecule has 2 unspecified atom stereocenters. The highest BCUT2D eigenvalue weighted by Gasteiger charge is 2.54. The third-order valence-electron chi connectivity index (χ3n) is 4.49. The number of anilines is 1. The van der Waals surface area contributed by atoms with E-state index in [-0.39, 0.29) is 24.3 Å². The Morgan fingerprint density at radius 2 is 1.68 bits per heavy atom. The second-order valence-electron chi connectivity index (χ2n) is 6.09. The molecule has 1 fully saturated rings. The molecule has 3 amide bonds. The predicted octanol–water partition coefficient (Wildman–Crippen LogP) is 2.45. The molecule has 0 radical (unpaired) electrons. The Morgan fingerprint density at radius 1 is 1.00 bits per heavy atom. The molecule has 0 N–H and O–H groups in total. The topological polar surface area (TPSA) is 57.7 Å². The Morgan fingerprint density at radius 3 is 2.40 bits per heavy atom. The molecular formula is C19H16N2O3S. The van der Waals surface area contributed by atoms with Crippen LogP contribution >= 0.6 is 11.8 Å². The summed E-state index contributed by atoms with van der Waals surface area (Å²) in [5, 5.41) is -0.588. The lowest BCUT2D eigenvalue weighted by Gasteiger charge is -2.35. The number of para-hydroxylation sites is 1. The number of amides is 3. The van der Waals surface area contributed by atoms with Gasteiger partial charge in [-0.25, -0.2) is 0 Å². The zero-order valence-corrected chi connectivity index (χ0v) is 14.4. The molecule has 0 saturated carbocycles. The SMILES string of the molecule is CC(=O)N1c2ccccc2SC2C(=O)N(Cc3ccccc3)C(=O)C21. The highest BCUT2D eigenvalue weighted by molar-refractivity contribution is 8.01. The van der Waals surface area contributed by atoms with Gasteiger partial charge in [0.2, 0.25) is 11.8 Å². The number of benzene rings is 2. The summed E-state index contributed by atoms with van der Waals surface area (Å²) in [6.07, 6.45) is 0. The van der Waals surface area contributed by atoms with E-state index in [1.807, 2.05) is 54.6 Å². The van der Waals surface area contributed by atoms with Gasteiger partial charge in [0.25, 0.3) is 5.91 Å². The van der Waals surface area contributed by atoms with Gasteiger partial charge in [0.05, 0.1) is 12.2 Å². The third kappa shape index (κ3) is 2.53. The van der Waals surface area contributed by atoms with Gasteiger partial charge >= 0.3 is 0 Å². The largest absolute Gasteiger partial charge is 0.297 e. The van der Waals surface area contributed by atoms with Crippen molar-refractivity contribution in [2.75, 3.05) is 4.90 Å². The fraction of sp³-hybridized carbons (Fsp3) is 0.211. The van der Waals surface area contributed by atoms with Gasteiger partial charge in [0.15, 0.2) is 0 Å². The van der Waals surface area contributed by atoms with Crippen LogP contribution in [0.25, 0.3) is 0 Å². The van der Waals surface area contributed by atoms with Crippen LogP contribution in [0.5, 0.6) is 0 Å². The molecule has 0 aromatic heterocycles. The van der Waals surface area contributed by atoms with E-state index in [9.17, 15) is 14.4 Å². The number of rotatable bonds is 2. The minimum absolute atomic E-state index is 0.230. The number of carbonyl (C=O) groups excluding carboxylic acids is 3. The minimum Gasteiger partial charge on any atom is -0.297 e. The molecule has 4 rings (SSSR count). The van der Waals surface area contributed by atoms with E-state index >= 15 is 0 Å². The Bertz CT molecular complexity index is 868. The monoisotopic (exact) mass is 352 g/mol. The van der Waals surface area contributed by atoms with Crippen molar-refractivity contribution < 1.29 is 14.4 Å². The molecule has 2 atom stereocenters. The van der Waals surface area contributed by atoms with E-state index in [0.717, 1.165) is 10.5 Å². The summed E-state index contributed by atoms with van der Waals surface area (Å²) in [5.74, 6) is -0.772. The summed E-state index contributed by atoms with van der Waals surface area (Å²) in [6, 6.07) is 16.0. The van der Waals surface area contributed by atoms with E-state index in [2.05, 4.69) is 0 Å². The van der Waals surface area contributed by atoms with Crippen LogP contribution in [0.4, 0.5) is 5.69 Å². The maximum absolute atomic E-state index is 13.0. The molecule has 2 heterocycles. The fourth-order valence-corrected chi connectivity index (χ4v) is 4.69. The number of likely N-dealkylation sites (tertiary alicyclic amines) is 1. The molecule has 25 heavy (non-hydrogen) atoms. The molecule has 0 bridgehead atoms. The fourth-order valence-electron chi connectivity index (χ4n) is 3.38. The van der Waals surface area contributed by atoms with Crippen LogP contribution in [0.3, 0.4) is 0 Å². The number of thioether (sulfide) groups is 1. The average molecular weight is 352 g/mol. The standard InChI is InChI=1S/C19H16N2O3S/c1-12(22)21-14-9-5-6-10-15(14)25-17-16(21)18(23)20(19(17)24)11-13-7-3-2-4-8-13/h2-10,16-17H,11H2,1H3. The van der Waals surface area contributed by atoms with E-state index in [0.29, 0.717) is 5.69 Å². The summed E-state index contributed by atoms with van der Waals surface area (Å²) < 4.78 is 0. The highest BCUT2D eigenvalue weighted by Crippen LogP contribution is 2.45. The van der Waals surface area contributed by atoms with Crippen LogP contribution in [0.1, 0.15) is 12.5 Å². The van der Waals surface area contributed by atoms with Crippen LogP contribution in [0.2, 0.25) is 0 Å². The van der Waals surface area contributed by atoms with Crippen molar-refractivity contribution in [1.29, 1.82) is 0 Å². The van der Waals surface area contributed by atoms with E-state index < -0.39 is 11.3 Å². The van der Waals surface area contributed by atoms with Gasteiger partial charge in [-0.1, -0.05) is 42.5 Å². The minimum atomic E-state index is -0.770. The quantitative estimate of drug-likeness (QED) is 0.779. The first-order valence-corrected chi connectivity index (χ1v) is 8.90. The highest BCUT2D eigenvalue weighted by atomic mass is 32.2. The summed E-state index contributed by atoms with van der Waals surface area (Å²) >= 11 is 1.37. The number of carbonyl (C=O) groups is 3. The van der Waals surface area contributed by atoms with Crippen molar-refractivity contribution in [3.05, 3.63) is 60.2 Å². The molecule has 5 nitrogen and oxygen atoms in total. The second-order valence-corrected chi connectivity index (χ2v) is 7.27. The molecule has 6 heteroatoms. The van der Waals surface area contributed by atoms with Crippen molar-refractivity contribution in [2.24, 2.45) is 0 Å². The molecule has 0 spiro atoms. The smallest absolute Gasteiger partial charge is 0.254 e. The Balaban J connectivity index is 1.72. The number of hydrogen-bond donors (Lipinski definition) is 0. The summed E-state index contributed by atoms with van der Waals surface area (Å²) in [4.78, 5) is 41.7. The lowest BCUT2D eigenvalue weighted by Crippen LogP contribution is -2.50. The molecule has 1 saturated heterocycles. The third-order valence-corrected chi connectivity index (χ3v) is 5.81. The van der Waals surface area contributed by atoms with Crippen molar-refractivity contribution in [3.8, 4) is 0 Å². The first-order chi connectivity index (χ1) is 12.1. The zero-order valence-electron chi connectivity index (χ0n) is 13.6. The molecule has 2 aliphatic rings. The maximum atomic E-state index is 13.0. The van der Waals surface area contributed by atoms with Crippen LogP contribution in [0, 0.1) is 0 Å². The molecular weight excluding hydrogens is 336 g/mol. The van der Waals surface area contributed by atoms with Crippen LogP contribution in [-0.4, -0.2) is 33.9 Å². The van der Waals surface area contributed by atoms with Gasteiger partial charge in [0, 0.05) is 11.8 Å². The van der Waals surface area contributed by atoms with Gasteiger partial charge in [-0.15, -0.1) is 11.8 Å². The Labute approximate surface area is 149 Å². The first kappa shape index (κ1) is 15.9. The van der Waals surface area contributed by atoms with E-state index in [1.165, 1.54) is 28.5 Å². The maximum Gasteiger partial charge on any atom is 0.254 e. The van der Waals surface area contributed by atoms with Crippen molar-refractivity contribution >= 4 is 35.2 Å². The normalized spacial score (nSPS) is 22.0. The zero-order chi connectivity index (χ0) is 17.6. The molecule has 2 aliphatic heterocycles. The number of hydrogen-bond acceptors (Lipinski definition) is 4. The van der Waals surface area contributed by atoms with E-state index in [1.54, 1.807) is 0 Å². The molecule has 0 aliphatic carbocycles. The Kier molecular flexibility index (Phi) is 3.84. The predicted molar refractivity (Wildman–Crippen MR) is 95.0 cm³/mol. The number of imide groups is 1. The van der Waals surface area contributed by atoms with Gasteiger partial charge in [-0.2, -0.15) is 0 Å². The molecule has 2 aromatic rings. The lowest BCUT2D eigenvalue weighted by molar-refractivity contribution is -0.139. The van der Waals surface area contributed by atoms with Gasteiger partial charge in [0.1, 0.15) is 11.3 Å². The summed E-state index contributed by atoms with van der Waals surface area (Å²) in [5.41, 5.74) is 1.59. The first-order valence-electron chi connectivity index (χ1n) is 8.02. The molecule has 126 valence electrons. The van der Waals surface area contributed by atoms with Crippen LogP contribution < -0.4 is 4.90 Å². The second kappa shape index (κ2) is 6.04. The van der Waals surface area contributed by atoms with Crippen LogP contribution in [0.15, 0.2) is 59.5 Å². The lowest BCUT2D eigenvalue weighted by atomic mass is 10.1. The van der Waals surface area contributed by atoms with E-state index in [4.69, 9.17) is 0 Å².